The molecule has 1 aliphatic rings. The third kappa shape index (κ3) is 2.50. The number of halogens is 1. The molecule has 1 saturated heterocycles. The van der Waals surface area contributed by atoms with Crippen molar-refractivity contribution in [2.24, 2.45) is 5.92 Å². The van der Waals surface area contributed by atoms with Gasteiger partial charge in [0.2, 0.25) is 5.95 Å². The number of hydrogen-bond donors (Lipinski definition) is 0. The van der Waals surface area contributed by atoms with Crippen molar-refractivity contribution in [3.8, 4) is 12.0 Å². The fourth-order valence-electron chi connectivity index (χ4n) is 2.13. The van der Waals surface area contributed by atoms with Crippen LogP contribution in [-0.4, -0.2) is 47.1 Å². The number of ether oxygens (including phenoxy) is 2. The number of hydrogen-bond acceptors (Lipinski definition) is 6. The van der Waals surface area contributed by atoms with Gasteiger partial charge in [-0.05, 0) is 12.3 Å². The highest BCUT2D eigenvalue weighted by molar-refractivity contribution is 9.09. The number of nitrogens with zero attached hydrogens (tertiary/aromatic N) is 4. The molecular weight excluding hydrogens is 300 g/mol. The zero-order chi connectivity index (χ0) is 13.1. The van der Waals surface area contributed by atoms with Gasteiger partial charge in [-0.1, -0.05) is 22.9 Å². The first-order valence-electron chi connectivity index (χ1n) is 5.86. The van der Waals surface area contributed by atoms with Gasteiger partial charge in [-0.2, -0.15) is 9.97 Å². The second-order valence-corrected chi connectivity index (χ2v) is 4.94. The normalized spacial score (nSPS) is 23.2. The van der Waals surface area contributed by atoms with Crippen molar-refractivity contribution >= 4 is 21.9 Å². The lowest BCUT2D eigenvalue weighted by molar-refractivity contribution is 0.339. The molecule has 2 rings (SSSR count). The topological polar surface area (TPSA) is 60.4 Å². The van der Waals surface area contributed by atoms with Crippen LogP contribution in [0, 0.1) is 5.92 Å². The van der Waals surface area contributed by atoms with Crippen LogP contribution in [-0.2, 0) is 0 Å². The van der Waals surface area contributed by atoms with Crippen molar-refractivity contribution < 1.29 is 9.47 Å². The molecule has 0 aliphatic carbocycles. The molecule has 0 aromatic carbocycles. The monoisotopic (exact) mass is 316 g/mol. The van der Waals surface area contributed by atoms with Crippen LogP contribution < -0.4 is 14.4 Å². The maximum absolute atomic E-state index is 5.07. The summed E-state index contributed by atoms with van der Waals surface area (Å²) in [5, 5.41) is 0.893. The molecule has 0 spiro atoms. The van der Waals surface area contributed by atoms with E-state index in [1.807, 2.05) is 0 Å². The van der Waals surface area contributed by atoms with Gasteiger partial charge in [0.1, 0.15) is 0 Å². The molecule has 1 fully saturated rings. The van der Waals surface area contributed by atoms with Gasteiger partial charge in [-0.3, -0.25) is 0 Å². The highest BCUT2D eigenvalue weighted by atomic mass is 79.9. The van der Waals surface area contributed by atoms with Crippen molar-refractivity contribution in [3.05, 3.63) is 0 Å². The summed E-state index contributed by atoms with van der Waals surface area (Å²) in [5.74, 6) is 1.23. The van der Waals surface area contributed by atoms with Crippen molar-refractivity contribution in [2.45, 2.75) is 19.4 Å². The lowest BCUT2D eigenvalue weighted by Crippen LogP contribution is -2.34. The number of alkyl halides is 1. The third-order valence-electron chi connectivity index (χ3n) is 3.25. The zero-order valence-corrected chi connectivity index (χ0v) is 12.3. The minimum Gasteiger partial charge on any atom is -0.467 e. The summed E-state index contributed by atoms with van der Waals surface area (Å²) in [5.41, 5.74) is 0. The van der Waals surface area contributed by atoms with E-state index in [9.17, 15) is 0 Å². The van der Waals surface area contributed by atoms with Gasteiger partial charge in [0, 0.05) is 17.9 Å². The molecule has 0 radical (unpaired) electrons. The van der Waals surface area contributed by atoms with Crippen LogP contribution in [0.25, 0.3) is 0 Å². The minimum absolute atomic E-state index is 0.282. The van der Waals surface area contributed by atoms with E-state index in [1.165, 1.54) is 14.2 Å². The Kier molecular flexibility index (Phi) is 4.21. The van der Waals surface area contributed by atoms with Gasteiger partial charge < -0.3 is 14.4 Å². The molecule has 1 aromatic rings. The lowest BCUT2D eigenvalue weighted by atomic mass is 10.1. The van der Waals surface area contributed by atoms with E-state index in [2.05, 4.69) is 42.7 Å². The second kappa shape index (κ2) is 5.69. The third-order valence-corrected chi connectivity index (χ3v) is 3.91. The average Bonchev–Trinajstić information content (AvgIpc) is 2.79. The van der Waals surface area contributed by atoms with Gasteiger partial charge in [-0.25, -0.2) is 0 Å². The maximum atomic E-state index is 5.07. The van der Waals surface area contributed by atoms with E-state index < -0.39 is 0 Å². The fourth-order valence-corrected chi connectivity index (χ4v) is 3.12. The van der Waals surface area contributed by atoms with E-state index in [0.717, 1.165) is 18.3 Å². The first-order chi connectivity index (χ1) is 8.69. The Balaban J connectivity index is 2.32. The summed E-state index contributed by atoms with van der Waals surface area (Å²) in [6.07, 6.45) is 1.13. The van der Waals surface area contributed by atoms with E-state index in [0.29, 0.717) is 17.9 Å². The summed E-state index contributed by atoms with van der Waals surface area (Å²) >= 11 is 3.55. The SMILES string of the molecule is COc1nc(OC)nc(N2CCC(C)C2CBr)n1. The minimum atomic E-state index is 0.282. The number of anilines is 1. The quantitative estimate of drug-likeness (QED) is 0.784. The van der Waals surface area contributed by atoms with Gasteiger partial charge in [0.15, 0.2) is 0 Å². The van der Waals surface area contributed by atoms with Gasteiger partial charge >= 0.3 is 12.0 Å². The molecule has 0 saturated carbocycles. The molecule has 2 unspecified atom stereocenters. The van der Waals surface area contributed by atoms with Crippen LogP contribution in [0.15, 0.2) is 0 Å². The van der Waals surface area contributed by atoms with Gasteiger partial charge in [-0.15, -0.1) is 4.98 Å². The molecule has 1 aromatic heterocycles. The Labute approximate surface area is 115 Å². The predicted octanol–water partition coefficient (Wildman–Crippen LogP) is 1.50. The van der Waals surface area contributed by atoms with Crippen LogP contribution in [0.5, 0.6) is 12.0 Å². The first kappa shape index (κ1) is 13.3. The maximum Gasteiger partial charge on any atom is 0.324 e. The lowest BCUT2D eigenvalue weighted by Gasteiger charge is -2.25. The molecule has 1 aliphatic heterocycles. The van der Waals surface area contributed by atoms with Crippen LogP contribution in [0.4, 0.5) is 5.95 Å². The number of aromatic nitrogens is 3. The highest BCUT2D eigenvalue weighted by Crippen LogP contribution is 2.29. The first-order valence-corrected chi connectivity index (χ1v) is 6.98. The average molecular weight is 317 g/mol. The van der Waals surface area contributed by atoms with Crippen LogP contribution in [0.2, 0.25) is 0 Å². The molecule has 2 heterocycles. The standard InChI is InChI=1S/C11H17BrN4O2/c1-7-4-5-16(8(7)6-12)9-13-10(17-2)15-11(14-9)18-3/h7-8H,4-6H2,1-3H3. The van der Waals surface area contributed by atoms with Crippen molar-refractivity contribution in [1.82, 2.24) is 15.0 Å². The Morgan fingerprint density at radius 2 is 1.83 bits per heavy atom. The highest BCUT2D eigenvalue weighted by Gasteiger charge is 2.32. The van der Waals surface area contributed by atoms with E-state index in [-0.39, 0.29) is 12.0 Å². The molecule has 2 atom stereocenters. The van der Waals surface area contributed by atoms with Crippen molar-refractivity contribution in [2.75, 3.05) is 31.0 Å². The van der Waals surface area contributed by atoms with E-state index in [1.54, 1.807) is 0 Å². The Morgan fingerprint density at radius 1 is 1.22 bits per heavy atom. The summed E-state index contributed by atoms with van der Waals surface area (Å²) in [6, 6.07) is 0.955. The van der Waals surface area contributed by atoms with Crippen LogP contribution in [0.3, 0.4) is 0 Å². The van der Waals surface area contributed by atoms with Crippen LogP contribution >= 0.6 is 15.9 Å². The summed E-state index contributed by atoms with van der Waals surface area (Å²) in [7, 11) is 3.07. The van der Waals surface area contributed by atoms with Gasteiger partial charge in [0.25, 0.3) is 0 Å². The number of methoxy groups -OCH3 is 2. The fraction of sp³-hybridized carbons (Fsp3) is 0.727. The Bertz CT molecular complexity index is 396. The zero-order valence-electron chi connectivity index (χ0n) is 10.8. The number of rotatable bonds is 4. The Hall–Kier alpha value is -1.11. The summed E-state index contributed by atoms with van der Waals surface area (Å²) in [4.78, 5) is 14.8. The smallest absolute Gasteiger partial charge is 0.324 e. The molecule has 7 heteroatoms. The van der Waals surface area contributed by atoms with Crippen molar-refractivity contribution in [1.29, 1.82) is 0 Å². The van der Waals surface area contributed by atoms with E-state index in [4.69, 9.17) is 9.47 Å². The second-order valence-electron chi connectivity index (χ2n) is 4.29. The Morgan fingerprint density at radius 3 is 2.33 bits per heavy atom. The molecule has 0 amide bonds. The molecule has 18 heavy (non-hydrogen) atoms. The molecule has 0 N–H and O–H groups in total. The molecule has 100 valence electrons. The van der Waals surface area contributed by atoms with Crippen LogP contribution in [0.1, 0.15) is 13.3 Å². The summed E-state index contributed by atoms with van der Waals surface area (Å²) < 4.78 is 10.1. The van der Waals surface area contributed by atoms with E-state index >= 15 is 0 Å². The largest absolute Gasteiger partial charge is 0.467 e. The predicted molar refractivity (Wildman–Crippen MR) is 71.6 cm³/mol. The molecule has 0 bridgehead atoms. The molecule has 6 nitrogen and oxygen atoms in total. The van der Waals surface area contributed by atoms with Crippen molar-refractivity contribution in [3.63, 3.8) is 0 Å². The summed E-state index contributed by atoms with van der Waals surface area (Å²) in [6.45, 7) is 3.18. The molecular formula is C11H17BrN4O2. The van der Waals surface area contributed by atoms with Gasteiger partial charge in [0.05, 0.1) is 14.2 Å².